The Morgan fingerprint density at radius 1 is 1.12 bits per heavy atom. The SMILES string of the molecule is Cc1ccc2cc(C#CCNC(=O)OCc3ccccc3)ccc2n1. The predicted molar refractivity (Wildman–Crippen MR) is 98.0 cm³/mol. The van der Waals surface area contributed by atoms with Crippen molar-refractivity contribution in [1.29, 1.82) is 0 Å². The van der Waals surface area contributed by atoms with Crippen LogP contribution < -0.4 is 5.32 Å². The molecule has 0 saturated heterocycles. The minimum absolute atomic E-state index is 0.234. The minimum atomic E-state index is -0.476. The van der Waals surface area contributed by atoms with Gasteiger partial charge in [-0.1, -0.05) is 48.2 Å². The summed E-state index contributed by atoms with van der Waals surface area (Å²) in [5.41, 5.74) is 3.78. The van der Waals surface area contributed by atoms with Crippen LogP contribution in [0.15, 0.2) is 60.7 Å². The molecule has 0 saturated carbocycles. The number of aromatic nitrogens is 1. The highest BCUT2D eigenvalue weighted by molar-refractivity contribution is 5.80. The van der Waals surface area contributed by atoms with Crippen LogP contribution in [0.1, 0.15) is 16.8 Å². The normalized spacial score (nSPS) is 9.96. The van der Waals surface area contributed by atoms with Crippen molar-refractivity contribution in [3.63, 3.8) is 0 Å². The summed E-state index contributed by atoms with van der Waals surface area (Å²) in [7, 11) is 0. The van der Waals surface area contributed by atoms with Crippen LogP contribution in [0, 0.1) is 18.8 Å². The number of rotatable bonds is 3. The highest BCUT2D eigenvalue weighted by atomic mass is 16.5. The number of carbonyl (C=O) groups excluding carboxylic acids is 1. The van der Waals surface area contributed by atoms with E-state index in [-0.39, 0.29) is 13.2 Å². The lowest BCUT2D eigenvalue weighted by Gasteiger charge is -2.04. The summed E-state index contributed by atoms with van der Waals surface area (Å²) in [6.45, 7) is 2.45. The van der Waals surface area contributed by atoms with Gasteiger partial charge in [-0.05, 0) is 36.8 Å². The maximum Gasteiger partial charge on any atom is 0.408 e. The van der Waals surface area contributed by atoms with E-state index in [0.29, 0.717) is 0 Å². The molecule has 0 fully saturated rings. The number of aryl methyl sites for hydroxylation is 1. The Morgan fingerprint density at radius 2 is 1.96 bits per heavy atom. The molecule has 3 rings (SSSR count). The van der Waals surface area contributed by atoms with E-state index in [1.807, 2.05) is 67.6 Å². The second-order valence-corrected chi connectivity index (χ2v) is 5.58. The Balaban J connectivity index is 1.50. The van der Waals surface area contributed by atoms with Crippen LogP contribution in [0.3, 0.4) is 0 Å². The average molecular weight is 330 g/mol. The third-order valence-electron chi connectivity index (χ3n) is 3.60. The summed E-state index contributed by atoms with van der Waals surface area (Å²) in [5, 5.41) is 3.67. The molecular formula is C21H18N2O2. The number of benzene rings is 2. The van der Waals surface area contributed by atoms with Gasteiger partial charge >= 0.3 is 6.09 Å². The fraction of sp³-hybridized carbons (Fsp3) is 0.143. The third kappa shape index (κ3) is 4.82. The molecule has 0 atom stereocenters. The lowest BCUT2D eigenvalue weighted by molar-refractivity contribution is 0.141. The van der Waals surface area contributed by atoms with E-state index in [2.05, 4.69) is 22.1 Å². The van der Waals surface area contributed by atoms with E-state index in [1.54, 1.807) is 0 Å². The molecule has 0 unspecified atom stereocenters. The zero-order valence-electron chi connectivity index (χ0n) is 14.0. The second kappa shape index (κ2) is 7.98. The van der Waals surface area contributed by atoms with Gasteiger partial charge in [-0.25, -0.2) is 4.79 Å². The highest BCUT2D eigenvalue weighted by Crippen LogP contribution is 2.14. The monoisotopic (exact) mass is 330 g/mol. The summed E-state index contributed by atoms with van der Waals surface area (Å²) in [6.07, 6.45) is -0.476. The summed E-state index contributed by atoms with van der Waals surface area (Å²) in [6, 6.07) is 19.4. The number of fused-ring (bicyclic) bond motifs is 1. The van der Waals surface area contributed by atoms with Crippen LogP contribution in [0.25, 0.3) is 10.9 Å². The first-order valence-corrected chi connectivity index (χ1v) is 8.01. The third-order valence-corrected chi connectivity index (χ3v) is 3.60. The van der Waals surface area contributed by atoms with Crippen molar-refractivity contribution in [3.8, 4) is 11.8 Å². The molecule has 4 nitrogen and oxygen atoms in total. The van der Waals surface area contributed by atoms with Crippen molar-refractivity contribution in [2.45, 2.75) is 13.5 Å². The molecule has 25 heavy (non-hydrogen) atoms. The number of pyridine rings is 1. The van der Waals surface area contributed by atoms with Crippen molar-refractivity contribution in [3.05, 3.63) is 77.5 Å². The molecule has 1 amide bonds. The number of carbonyl (C=O) groups is 1. The van der Waals surface area contributed by atoms with E-state index in [4.69, 9.17) is 4.74 Å². The van der Waals surface area contributed by atoms with Crippen molar-refractivity contribution in [2.75, 3.05) is 6.54 Å². The lowest BCUT2D eigenvalue weighted by Crippen LogP contribution is -2.24. The summed E-state index contributed by atoms with van der Waals surface area (Å²) in [5.74, 6) is 5.96. The summed E-state index contributed by atoms with van der Waals surface area (Å²) < 4.78 is 5.12. The van der Waals surface area contributed by atoms with Crippen molar-refractivity contribution < 1.29 is 9.53 Å². The fourth-order valence-electron chi connectivity index (χ4n) is 2.34. The van der Waals surface area contributed by atoms with Crippen LogP contribution in [-0.2, 0) is 11.3 Å². The maximum atomic E-state index is 11.6. The number of nitrogens with one attached hydrogen (secondary N) is 1. The second-order valence-electron chi connectivity index (χ2n) is 5.58. The Bertz CT molecular complexity index is 940. The Hall–Kier alpha value is -3.32. The van der Waals surface area contributed by atoms with E-state index < -0.39 is 6.09 Å². The molecule has 2 aromatic carbocycles. The minimum Gasteiger partial charge on any atom is -0.445 e. The molecule has 1 heterocycles. The van der Waals surface area contributed by atoms with E-state index in [1.165, 1.54) is 0 Å². The van der Waals surface area contributed by atoms with Crippen molar-refractivity contribution >= 4 is 17.0 Å². The van der Waals surface area contributed by atoms with Crippen LogP contribution >= 0.6 is 0 Å². The predicted octanol–water partition coefficient (Wildman–Crippen LogP) is 3.82. The van der Waals surface area contributed by atoms with Crippen molar-refractivity contribution in [2.24, 2.45) is 0 Å². The smallest absolute Gasteiger partial charge is 0.408 e. The molecule has 0 aliphatic rings. The molecular weight excluding hydrogens is 312 g/mol. The first-order chi connectivity index (χ1) is 12.2. The molecule has 4 heteroatoms. The van der Waals surface area contributed by atoms with E-state index in [9.17, 15) is 4.79 Å². The number of nitrogens with zero attached hydrogens (tertiary/aromatic N) is 1. The van der Waals surface area contributed by atoms with Gasteiger partial charge in [0, 0.05) is 16.6 Å². The average Bonchev–Trinajstić information content (AvgIpc) is 2.64. The standard InChI is InChI=1S/C21H18N2O2/c1-16-9-11-19-14-17(10-12-20(19)23-16)8-5-13-22-21(24)25-15-18-6-3-2-4-7-18/h2-4,6-7,9-12,14H,13,15H2,1H3,(H,22,24). The molecule has 1 N–H and O–H groups in total. The van der Waals surface area contributed by atoms with Crippen molar-refractivity contribution in [1.82, 2.24) is 10.3 Å². The van der Waals surface area contributed by atoms with Gasteiger partial charge in [-0.2, -0.15) is 0 Å². The summed E-state index contributed by atoms with van der Waals surface area (Å²) in [4.78, 5) is 16.1. The van der Waals surface area contributed by atoms with Crippen LogP contribution in [0.5, 0.6) is 0 Å². The van der Waals surface area contributed by atoms with Gasteiger partial charge in [0.1, 0.15) is 6.61 Å². The Labute approximate surface area is 146 Å². The molecule has 0 aliphatic carbocycles. The van der Waals surface area contributed by atoms with Gasteiger partial charge in [0.05, 0.1) is 12.1 Å². The van der Waals surface area contributed by atoms with Gasteiger partial charge < -0.3 is 10.1 Å². The molecule has 1 aromatic heterocycles. The van der Waals surface area contributed by atoms with E-state index in [0.717, 1.165) is 27.7 Å². The molecule has 0 radical (unpaired) electrons. The summed E-state index contributed by atoms with van der Waals surface area (Å²) >= 11 is 0. The molecule has 124 valence electrons. The lowest BCUT2D eigenvalue weighted by atomic mass is 10.1. The van der Waals surface area contributed by atoms with Crippen LogP contribution in [0.4, 0.5) is 4.79 Å². The van der Waals surface area contributed by atoms with Crippen LogP contribution in [-0.4, -0.2) is 17.6 Å². The fourth-order valence-corrected chi connectivity index (χ4v) is 2.34. The Kier molecular flexibility index (Phi) is 5.28. The zero-order chi connectivity index (χ0) is 17.5. The number of amides is 1. The molecule has 3 aromatic rings. The number of hydrogen-bond acceptors (Lipinski definition) is 3. The van der Waals surface area contributed by atoms with Gasteiger partial charge in [0.25, 0.3) is 0 Å². The van der Waals surface area contributed by atoms with E-state index >= 15 is 0 Å². The number of hydrogen-bond donors (Lipinski definition) is 1. The topological polar surface area (TPSA) is 51.2 Å². The quantitative estimate of drug-likeness (QED) is 0.743. The first kappa shape index (κ1) is 16.5. The van der Waals surface area contributed by atoms with Gasteiger partial charge in [-0.15, -0.1) is 0 Å². The first-order valence-electron chi connectivity index (χ1n) is 8.01. The molecule has 0 aliphatic heterocycles. The van der Waals surface area contributed by atoms with Gasteiger partial charge in [0.2, 0.25) is 0 Å². The largest absolute Gasteiger partial charge is 0.445 e. The molecule has 0 spiro atoms. The highest BCUT2D eigenvalue weighted by Gasteiger charge is 2.00. The van der Waals surface area contributed by atoms with Gasteiger partial charge in [0.15, 0.2) is 0 Å². The number of alkyl carbamates (subject to hydrolysis) is 1. The molecule has 0 bridgehead atoms. The Morgan fingerprint density at radius 3 is 2.80 bits per heavy atom. The maximum absolute atomic E-state index is 11.6. The van der Waals surface area contributed by atoms with Gasteiger partial charge in [-0.3, -0.25) is 4.98 Å². The number of ether oxygens (including phenoxy) is 1. The zero-order valence-corrected chi connectivity index (χ0v) is 14.0. The van der Waals surface area contributed by atoms with Crippen LogP contribution in [0.2, 0.25) is 0 Å².